The molecule has 0 bridgehead atoms. The SMILES string of the molecule is C/C(=C\C=C\C(C)c1cccc([C@H](C)CO)n1)[C@H]1OC(=O)C[C@H](O)CC[C@@](C)(O)C/C=C/[C@@H]1C. The van der Waals surface area contributed by atoms with E-state index in [0.29, 0.717) is 19.3 Å². The second-order valence-electron chi connectivity index (χ2n) is 9.95. The van der Waals surface area contributed by atoms with E-state index >= 15 is 0 Å². The van der Waals surface area contributed by atoms with Gasteiger partial charge in [-0.3, -0.25) is 9.78 Å². The predicted octanol–water partition coefficient (Wildman–Crippen LogP) is 4.57. The fraction of sp³-hybridized carbons (Fsp3) is 0.571. The highest BCUT2D eigenvalue weighted by molar-refractivity contribution is 5.70. The van der Waals surface area contributed by atoms with Gasteiger partial charge in [-0.05, 0) is 50.8 Å². The van der Waals surface area contributed by atoms with Crippen LogP contribution >= 0.6 is 0 Å². The maximum Gasteiger partial charge on any atom is 0.309 e. The van der Waals surface area contributed by atoms with E-state index in [1.54, 1.807) is 6.92 Å². The third-order valence-electron chi connectivity index (χ3n) is 6.40. The first-order valence-corrected chi connectivity index (χ1v) is 12.2. The van der Waals surface area contributed by atoms with Gasteiger partial charge in [-0.25, -0.2) is 0 Å². The zero-order chi connectivity index (χ0) is 25.3. The van der Waals surface area contributed by atoms with Gasteiger partial charge >= 0.3 is 5.97 Å². The van der Waals surface area contributed by atoms with Gasteiger partial charge in [0.05, 0.1) is 24.7 Å². The zero-order valence-corrected chi connectivity index (χ0v) is 21.1. The number of hydrogen-bond acceptors (Lipinski definition) is 6. The number of hydrogen-bond donors (Lipinski definition) is 3. The number of rotatable bonds is 6. The highest BCUT2D eigenvalue weighted by Gasteiger charge is 2.26. The number of cyclic esters (lactones) is 1. The predicted molar refractivity (Wildman–Crippen MR) is 134 cm³/mol. The minimum Gasteiger partial charge on any atom is -0.457 e. The minimum absolute atomic E-state index is 0.00851. The number of esters is 1. The third kappa shape index (κ3) is 8.82. The van der Waals surface area contributed by atoms with Gasteiger partial charge in [0.2, 0.25) is 0 Å². The Morgan fingerprint density at radius 3 is 2.74 bits per heavy atom. The van der Waals surface area contributed by atoms with Crippen molar-refractivity contribution >= 4 is 5.97 Å². The largest absolute Gasteiger partial charge is 0.457 e. The molecule has 0 saturated carbocycles. The summed E-state index contributed by atoms with van der Waals surface area (Å²) in [5, 5.41) is 30.1. The Labute approximate surface area is 204 Å². The Balaban J connectivity index is 2.17. The van der Waals surface area contributed by atoms with Crippen LogP contribution in [0.3, 0.4) is 0 Å². The molecule has 0 fully saturated rings. The van der Waals surface area contributed by atoms with Crippen molar-refractivity contribution in [1.82, 2.24) is 4.98 Å². The summed E-state index contributed by atoms with van der Waals surface area (Å²) in [5.74, 6) is -0.465. The highest BCUT2D eigenvalue weighted by atomic mass is 16.5. The van der Waals surface area contributed by atoms with Crippen LogP contribution in [-0.4, -0.2) is 50.7 Å². The molecular weight excluding hydrogens is 430 g/mol. The minimum atomic E-state index is -0.917. The number of carbonyl (C=O) groups is 1. The topological polar surface area (TPSA) is 99.9 Å². The van der Waals surface area contributed by atoms with E-state index in [4.69, 9.17) is 4.74 Å². The average Bonchev–Trinajstić information content (AvgIpc) is 2.79. The van der Waals surface area contributed by atoms with Crippen molar-refractivity contribution in [2.24, 2.45) is 5.92 Å². The first-order chi connectivity index (χ1) is 16.0. The van der Waals surface area contributed by atoms with Crippen LogP contribution in [-0.2, 0) is 9.53 Å². The number of aromatic nitrogens is 1. The van der Waals surface area contributed by atoms with Crippen LogP contribution in [0.1, 0.15) is 83.5 Å². The summed E-state index contributed by atoms with van der Waals surface area (Å²) in [5.41, 5.74) is 1.77. The molecule has 2 heterocycles. The van der Waals surface area contributed by atoms with Gasteiger partial charge in [-0.2, -0.15) is 0 Å². The lowest BCUT2D eigenvalue weighted by Gasteiger charge is -2.27. The number of ether oxygens (including phenoxy) is 1. The van der Waals surface area contributed by atoms with Gasteiger partial charge in [-0.1, -0.05) is 57.2 Å². The van der Waals surface area contributed by atoms with Gasteiger partial charge < -0.3 is 20.1 Å². The summed E-state index contributed by atoms with van der Waals surface area (Å²) >= 11 is 0. The molecule has 0 saturated heterocycles. The van der Waals surface area contributed by atoms with Crippen LogP contribution in [0, 0.1) is 5.92 Å². The maximum atomic E-state index is 12.5. The Morgan fingerprint density at radius 2 is 2.03 bits per heavy atom. The van der Waals surface area contributed by atoms with E-state index in [1.165, 1.54) is 0 Å². The van der Waals surface area contributed by atoms with E-state index < -0.39 is 23.8 Å². The summed E-state index contributed by atoms with van der Waals surface area (Å²) in [7, 11) is 0. The third-order valence-corrected chi connectivity index (χ3v) is 6.40. The van der Waals surface area contributed by atoms with Gasteiger partial charge in [0, 0.05) is 29.1 Å². The molecule has 1 unspecified atom stereocenters. The molecule has 34 heavy (non-hydrogen) atoms. The Hall–Kier alpha value is -2.28. The van der Waals surface area contributed by atoms with Crippen molar-refractivity contribution in [3.63, 3.8) is 0 Å². The lowest BCUT2D eigenvalue weighted by atomic mass is 9.91. The number of allylic oxidation sites excluding steroid dienone is 3. The molecule has 6 atom stereocenters. The van der Waals surface area contributed by atoms with Crippen LogP contribution in [0.4, 0.5) is 0 Å². The molecule has 188 valence electrons. The van der Waals surface area contributed by atoms with Crippen molar-refractivity contribution in [3.05, 3.63) is 65.5 Å². The van der Waals surface area contributed by atoms with E-state index in [9.17, 15) is 20.1 Å². The zero-order valence-electron chi connectivity index (χ0n) is 21.1. The molecular formula is C28H41NO5. The van der Waals surface area contributed by atoms with Gasteiger partial charge in [-0.15, -0.1) is 0 Å². The molecule has 0 aromatic carbocycles. The molecule has 0 amide bonds. The fourth-order valence-corrected chi connectivity index (χ4v) is 3.97. The summed E-state index contributed by atoms with van der Waals surface area (Å²) in [6, 6.07) is 5.86. The second-order valence-corrected chi connectivity index (χ2v) is 9.95. The van der Waals surface area contributed by atoms with E-state index in [1.807, 2.05) is 69.4 Å². The van der Waals surface area contributed by atoms with Crippen molar-refractivity contribution in [2.45, 2.75) is 89.9 Å². The molecule has 1 aromatic rings. The molecule has 0 radical (unpaired) electrons. The van der Waals surface area contributed by atoms with E-state index in [2.05, 4.69) is 11.9 Å². The van der Waals surface area contributed by atoms with Crippen LogP contribution < -0.4 is 0 Å². The molecule has 1 aliphatic rings. The molecule has 2 rings (SSSR count). The van der Waals surface area contributed by atoms with Crippen molar-refractivity contribution in [1.29, 1.82) is 0 Å². The first kappa shape index (κ1) is 28.0. The van der Waals surface area contributed by atoms with Crippen molar-refractivity contribution < 1.29 is 24.9 Å². The number of pyridine rings is 1. The quantitative estimate of drug-likeness (QED) is 0.319. The molecule has 3 N–H and O–H groups in total. The highest BCUT2D eigenvalue weighted by Crippen LogP contribution is 2.25. The summed E-state index contributed by atoms with van der Waals surface area (Å²) in [6.07, 6.45) is 9.69. The normalized spacial score (nSPS) is 30.2. The monoisotopic (exact) mass is 471 g/mol. The molecule has 6 heteroatoms. The Morgan fingerprint density at radius 1 is 1.32 bits per heavy atom. The van der Waals surface area contributed by atoms with Crippen LogP contribution in [0.15, 0.2) is 54.2 Å². The Bertz CT molecular complexity index is 889. The summed E-state index contributed by atoms with van der Waals surface area (Å²) in [6.45, 7) is 9.72. The van der Waals surface area contributed by atoms with Crippen LogP contribution in [0.5, 0.6) is 0 Å². The van der Waals surface area contributed by atoms with E-state index in [-0.39, 0.29) is 30.8 Å². The number of aliphatic hydroxyl groups excluding tert-OH is 2. The molecule has 6 nitrogen and oxygen atoms in total. The Kier molecular flexibility index (Phi) is 10.7. The summed E-state index contributed by atoms with van der Waals surface area (Å²) in [4.78, 5) is 17.1. The molecule has 1 aliphatic heterocycles. The smallest absolute Gasteiger partial charge is 0.309 e. The van der Waals surface area contributed by atoms with Gasteiger partial charge in [0.25, 0.3) is 0 Å². The number of nitrogens with zero attached hydrogens (tertiary/aromatic N) is 1. The van der Waals surface area contributed by atoms with E-state index in [0.717, 1.165) is 17.0 Å². The molecule has 0 aliphatic carbocycles. The second kappa shape index (κ2) is 13.0. The average molecular weight is 472 g/mol. The van der Waals surface area contributed by atoms with Crippen molar-refractivity contribution in [3.8, 4) is 0 Å². The lowest BCUT2D eigenvalue weighted by Crippen LogP contribution is -2.30. The van der Waals surface area contributed by atoms with Crippen LogP contribution in [0.2, 0.25) is 0 Å². The number of aliphatic hydroxyl groups is 3. The molecule has 1 aromatic heterocycles. The van der Waals surface area contributed by atoms with Crippen LogP contribution in [0.25, 0.3) is 0 Å². The molecule has 0 spiro atoms. The van der Waals surface area contributed by atoms with Gasteiger partial charge in [0.1, 0.15) is 6.10 Å². The maximum absolute atomic E-state index is 12.5. The lowest BCUT2D eigenvalue weighted by molar-refractivity contribution is -0.151. The standard InChI is InChI=1S/C28H41NO5/c1-19(24-12-7-13-25(29-24)22(4)18-30)9-6-10-20(2)27-21(3)11-8-15-28(5,33)16-14-23(31)17-26(32)34-27/h6-13,19,21-23,27,30-31,33H,14-18H2,1-5H3/b9-6+,11-8+,20-10+/t19?,21-,22+,23+,27+,28-/m0/s1. The first-order valence-electron chi connectivity index (χ1n) is 12.2. The summed E-state index contributed by atoms with van der Waals surface area (Å²) < 4.78 is 5.77. The fourth-order valence-electron chi connectivity index (χ4n) is 3.97. The number of carbonyl (C=O) groups excluding carboxylic acids is 1. The van der Waals surface area contributed by atoms with Gasteiger partial charge in [0.15, 0.2) is 0 Å². The van der Waals surface area contributed by atoms with Crippen molar-refractivity contribution in [2.75, 3.05) is 6.61 Å².